The fraction of sp³-hybridized carbons (Fsp3) is 0.462. The molecule has 0 bridgehead atoms. The molecule has 3 nitrogen and oxygen atoms in total. The molecule has 1 amide bonds. The van der Waals surface area contributed by atoms with Crippen molar-refractivity contribution in [3.63, 3.8) is 0 Å². The lowest BCUT2D eigenvalue weighted by Gasteiger charge is -2.26. The molecule has 2 rings (SSSR count). The summed E-state index contributed by atoms with van der Waals surface area (Å²) in [6.07, 6.45) is 1.93. The highest BCUT2D eigenvalue weighted by Crippen LogP contribution is 2.35. The van der Waals surface area contributed by atoms with Crippen LogP contribution in [0.4, 0.5) is 0 Å². The zero-order chi connectivity index (χ0) is 13.3. The summed E-state index contributed by atoms with van der Waals surface area (Å²) in [6.45, 7) is 2.47. The Hall–Kier alpha value is -0.480. The van der Waals surface area contributed by atoms with Crippen LogP contribution in [0.2, 0.25) is 10.0 Å². The van der Waals surface area contributed by atoms with Gasteiger partial charge in [0.05, 0.1) is 22.1 Å². The van der Waals surface area contributed by atoms with Gasteiger partial charge in [0, 0.05) is 6.54 Å². The zero-order valence-corrected chi connectivity index (χ0v) is 12.9. The van der Waals surface area contributed by atoms with E-state index in [-0.39, 0.29) is 24.4 Å². The van der Waals surface area contributed by atoms with E-state index in [1.165, 1.54) is 0 Å². The molecule has 0 saturated carbocycles. The highest BCUT2D eigenvalue weighted by Gasteiger charge is 2.31. The molecule has 0 spiro atoms. The first-order valence-corrected chi connectivity index (χ1v) is 6.77. The molecule has 106 valence electrons. The second-order valence-corrected chi connectivity index (χ2v) is 5.47. The highest BCUT2D eigenvalue weighted by molar-refractivity contribution is 6.42. The van der Waals surface area contributed by atoms with Crippen LogP contribution < -0.4 is 5.73 Å². The monoisotopic (exact) mass is 322 g/mol. The minimum Gasteiger partial charge on any atom is -0.334 e. The zero-order valence-electron chi connectivity index (χ0n) is 10.6. The molecule has 1 heterocycles. The van der Waals surface area contributed by atoms with E-state index in [2.05, 4.69) is 0 Å². The second kappa shape index (κ2) is 6.80. The number of hydrogen-bond acceptors (Lipinski definition) is 2. The molecule has 1 fully saturated rings. The van der Waals surface area contributed by atoms with E-state index in [1.54, 1.807) is 13.0 Å². The molecule has 1 unspecified atom stereocenters. The molecule has 19 heavy (non-hydrogen) atoms. The average Bonchev–Trinajstić information content (AvgIpc) is 2.80. The van der Waals surface area contributed by atoms with E-state index in [9.17, 15) is 4.79 Å². The third kappa shape index (κ3) is 3.54. The molecule has 1 aromatic carbocycles. The van der Waals surface area contributed by atoms with E-state index < -0.39 is 6.04 Å². The first-order valence-electron chi connectivity index (χ1n) is 6.01. The minimum atomic E-state index is -0.464. The molecule has 2 atom stereocenters. The summed E-state index contributed by atoms with van der Waals surface area (Å²) in [5, 5.41) is 1.05. The molecule has 1 saturated heterocycles. The number of nitrogens with zero attached hydrogens (tertiary/aromatic N) is 1. The van der Waals surface area contributed by atoms with Crippen molar-refractivity contribution in [2.75, 3.05) is 6.54 Å². The molecule has 6 heteroatoms. The molecule has 1 aliphatic rings. The van der Waals surface area contributed by atoms with Crippen molar-refractivity contribution in [1.82, 2.24) is 4.90 Å². The third-order valence-electron chi connectivity index (χ3n) is 3.25. The highest BCUT2D eigenvalue weighted by atomic mass is 35.5. The van der Waals surface area contributed by atoms with Crippen LogP contribution in [-0.2, 0) is 4.79 Å². The Labute approximate surface area is 129 Å². The number of benzene rings is 1. The van der Waals surface area contributed by atoms with Gasteiger partial charge < -0.3 is 10.6 Å². The van der Waals surface area contributed by atoms with Crippen molar-refractivity contribution in [1.29, 1.82) is 0 Å². The predicted octanol–water partition coefficient (Wildman–Crippen LogP) is 3.43. The van der Waals surface area contributed by atoms with Crippen LogP contribution >= 0.6 is 35.6 Å². The van der Waals surface area contributed by atoms with E-state index in [1.807, 2.05) is 17.0 Å². The van der Waals surface area contributed by atoms with Crippen molar-refractivity contribution in [2.45, 2.75) is 31.8 Å². The topological polar surface area (TPSA) is 46.3 Å². The van der Waals surface area contributed by atoms with Gasteiger partial charge in [-0.1, -0.05) is 29.3 Å². The summed E-state index contributed by atoms with van der Waals surface area (Å²) < 4.78 is 0. The van der Waals surface area contributed by atoms with Crippen LogP contribution in [0, 0.1) is 0 Å². The minimum absolute atomic E-state index is 0. The van der Waals surface area contributed by atoms with Crippen molar-refractivity contribution >= 4 is 41.5 Å². The number of carbonyl (C=O) groups excluding carboxylic acids is 1. The summed E-state index contributed by atoms with van der Waals surface area (Å²) in [7, 11) is 0. The number of amides is 1. The Morgan fingerprint density at radius 3 is 2.68 bits per heavy atom. The summed E-state index contributed by atoms with van der Waals surface area (Å²) in [5.41, 5.74) is 6.70. The van der Waals surface area contributed by atoms with Crippen molar-refractivity contribution in [2.24, 2.45) is 5.73 Å². The van der Waals surface area contributed by atoms with Crippen LogP contribution in [0.5, 0.6) is 0 Å². The van der Waals surface area contributed by atoms with Gasteiger partial charge >= 0.3 is 0 Å². The molecule has 0 radical (unpaired) electrons. The first kappa shape index (κ1) is 16.6. The summed E-state index contributed by atoms with van der Waals surface area (Å²) in [5.74, 6) is -0.0106. The normalized spacial score (nSPS) is 20.0. The maximum absolute atomic E-state index is 12.0. The maximum atomic E-state index is 12.0. The van der Waals surface area contributed by atoms with E-state index in [0.717, 1.165) is 24.9 Å². The Balaban J connectivity index is 0.00000180. The lowest BCUT2D eigenvalue weighted by atomic mass is 10.0. The third-order valence-corrected chi connectivity index (χ3v) is 3.99. The fourth-order valence-electron chi connectivity index (χ4n) is 2.36. The molecular formula is C13H17Cl3N2O. The number of hydrogen-bond donors (Lipinski definition) is 1. The lowest BCUT2D eigenvalue weighted by molar-refractivity contribution is -0.133. The summed E-state index contributed by atoms with van der Waals surface area (Å²) in [4.78, 5) is 13.9. The van der Waals surface area contributed by atoms with Crippen LogP contribution in [0.25, 0.3) is 0 Å². The maximum Gasteiger partial charge on any atom is 0.239 e. The first-order chi connectivity index (χ1) is 8.50. The molecule has 0 aliphatic carbocycles. The Morgan fingerprint density at radius 1 is 1.42 bits per heavy atom. The smallest absolute Gasteiger partial charge is 0.239 e. The number of likely N-dealkylation sites (tertiary alicyclic amines) is 1. The van der Waals surface area contributed by atoms with E-state index >= 15 is 0 Å². The second-order valence-electron chi connectivity index (χ2n) is 4.65. The largest absolute Gasteiger partial charge is 0.334 e. The summed E-state index contributed by atoms with van der Waals surface area (Å²) >= 11 is 11.9. The Morgan fingerprint density at radius 2 is 2.11 bits per heavy atom. The van der Waals surface area contributed by atoms with Crippen molar-refractivity contribution in [3.05, 3.63) is 33.8 Å². The van der Waals surface area contributed by atoms with Gasteiger partial charge in [-0.2, -0.15) is 0 Å². The van der Waals surface area contributed by atoms with Gasteiger partial charge in [-0.25, -0.2) is 0 Å². The number of carbonyl (C=O) groups is 1. The SMILES string of the molecule is C[C@H](N)C(=O)N1CCCC1c1ccc(Cl)c(Cl)c1.Cl. The van der Waals surface area contributed by atoms with Gasteiger partial charge in [-0.05, 0) is 37.5 Å². The van der Waals surface area contributed by atoms with Crippen molar-refractivity contribution in [3.8, 4) is 0 Å². The van der Waals surface area contributed by atoms with Gasteiger partial charge in [0.1, 0.15) is 0 Å². The Kier molecular flexibility index (Phi) is 5.93. The standard InChI is InChI=1S/C13H16Cl2N2O.ClH/c1-8(16)13(18)17-6-2-3-12(17)9-4-5-10(14)11(15)7-9;/h4-5,7-8,12H,2-3,6,16H2,1H3;1H/t8-,12?;/m0./s1. The molecular weight excluding hydrogens is 307 g/mol. The number of halogens is 3. The van der Waals surface area contributed by atoms with E-state index in [0.29, 0.717) is 10.0 Å². The van der Waals surface area contributed by atoms with Crippen LogP contribution in [0.15, 0.2) is 18.2 Å². The fourth-order valence-corrected chi connectivity index (χ4v) is 2.66. The van der Waals surface area contributed by atoms with Crippen LogP contribution in [-0.4, -0.2) is 23.4 Å². The van der Waals surface area contributed by atoms with Crippen LogP contribution in [0.3, 0.4) is 0 Å². The quantitative estimate of drug-likeness (QED) is 0.906. The number of rotatable bonds is 2. The average molecular weight is 324 g/mol. The van der Waals surface area contributed by atoms with Gasteiger partial charge in [0.25, 0.3) is 0 Å². The lowest BCUT2D eigenvalue weighted by Crippen LogP contribution is -2.41. The predicted molar refractivity (Wildman–Crippen MR) is 81.0 cm³/mol. The van der Waals surface area contributed by atoms with Gasteiger partial charge in [-0.15, -0.1) is 12.4 Å². The summed E-state index contributed by atoms with van der Waals surface area (Å²) in [6, 6.07) is 5.13. The van der Waals surface area contributed by atoms with Gasteiger partial charge in [0.15, 0.2) is 0 Å². The van der Waals surface area contributed by atoms with Gasteiger partial charge in [-0.3, -0.25) is 4.79 Å². The molecule has 2 N–H and O–H groups in total. The molecule has 1 aliphatic heterocycles. The molecule has 1 aromatic rings. The number of nitrogens with two attached hydrogens (primary N) is 1. The van der Waals surface area contributed by atoms with Gasteiger partial charge in [0.2, 0.25) is 5.91 Å². The van der Waals surface area contributed by atoms with Crippen molar-refractivity contribution < 1.29 is 4.79 Å². The van der Waals surface area contributed by atoms with E-state index in [4.69, 9.17) is 28.9 Å². The van der Waals surface area contributed by atoms with Crippen LogP contribution in [0.1, 0.15) is 31.4 Å². The Bertz CT molecular complexity index is 465. The molecule has 0 aromatic heterocycles.